The Morgan fingerprint density at radius 3 is 1.87 bits per heavy atom. The van der Waals surface area contributed by atoms with E-state index in [9.17, 15) is 13.2 Å². The van der Waals surface area contributed by atoms with E-state index in [1.165, 1.54) is 12.1 Å². The summed E-state index contributed by atoms with van der Waals surface area (Å²) in [5.74, 6) is 0. The van der Waals surface area contributed by atoms with Gasteiger partial charge in [0.1, 0.15) is 4.90 Å². The smallest absolute Gasteiger partial charge is 0.263 e. The van der Waals surface area contributed by atoms with Crippen molar-refractivity contribution < 1.29 is 13.2 Å². The van der Waals surface area contributed by atoms with Crippen LogP contribution in [0.2, 0.25) is 0 Å². The van der Waals surface area contributed by atoms with Gasteiger partial charge in [0.05, 0.1) is 0 Å². The number of hydrogen-bond donors (Lipinski definition) is 0. The molecule has 0 fully saturated rings. The molecule has 0 aliphatic heterocycles. The molecule has 0 heterocycles. The van der Waals surface area contributed by atoms with E-state index in [4.69, 9.17) is 22.3 Å². The highest BCUT2D eigenvalue weighted by Crippen LogP contribution is 2.33. The van der Waals surface area contributed by atoms with E-state index in [-0.39, 0.29) is 19.4 Å². The summed E-state index contributed by atoms with van der Waals surface area (Å²) in [6.45, 7) is 0. The standard InChI is InChI=1S/C7H2Br2Cl2O3S/c8-4-1-3(7(10)12)2-5(9)6(4)15(11,13)14/h1-2H. The normalized spacial score (nSPS) is 11.5. The van der Waals surface area contributed by atoms with Crippen molar-refractivity contribution in [2.24, 2.45) is 0 Å². The van der Waals surface area contributed by atoms with Gasteiger partial charge in [-0.3, -0.25) is 4.79 Å². The molecular formula is C7H2Br2Cl2O3S. The second-order valence-electron chi connectivity index (χ2n) is 2.48. The van der Waals surface area contributed by atoms with Crippen LogP contribution in [-0.2, 0) is 9.05 Å². The van der Waals surface area contributed by atoms with Crippen LogP contribution in [0.3, 0.4) is 0 Å². The molecule has 0 bridgehead atoms. The highest BCUT2D eigenvalue weighted by Gasteiger charge is 2.20. The highest BCUT2D eigenvalue weighted by molar-refractivity contribution is 9.11. The Morgan fingerprint density at radius 2 is 1.60 bits per heavy atom. The van der Waals surface area contributed by atoms with Crippen molar-refractivity contribution in [1.82, 2.24) is 0 Å². The zero-order valence-electron chi connectivity index (χ0n) is 6.80. The number of carbonyl (C=O) groups is 1. The topological polar surface area (TPSA) is 51.2 Å². The van der Waals surface area contributed by atoms with Gasteiger partial charge in [0.25, 0.3) is 14.3 Å². The van der Waals surface area contributed by atoms with Crippen LogP contribution in [0.25, 0.3) is 0 Å². The monoisotopic (exact) mass is 394 g/mol. The average molecular weight is 397 g/mol. The minimum atomic E-state index is -3.88. The predicted molar refractivity (Wildman–Crippen MR) is 65.1 cm³/mol. The maximum absolute atomic E-state index is 11.1. The van der Waals surface area contributed by atoms with E-state index >= 15 is 0 Å². The molecule has 15 heavy (non-hydrogen) atoms. The van der Waals surface area contributed by atoms with E-state index in [1.54, 1.807) is 0 Å². The fourth-order valence-electron chi connectivity index (χ4n) is 0.906. The van der Waals surface area contributed by atoms with Crippen molar-refractivity contribution >= 4 is 68.4 Å². The molecule has 0 atom stereocenters. The highest BCUT2D eigenvalue weighted by atomic mass is 79.9. The Labute approximate surface area is 112 Å². The zero-order valence-corrected chi connectivity index (χ0v) is 12.3. The quantitative estimate of drug-likeness (QED) is 0.719. The van der Waals surface area contributed by atoms with Gasteiger partial charge in [0, 0.05) is 25.2 Å². The van der Waals surface area contributed by atoms with Crippen molar-refractivity contribution in [2.45, 2.75) is 4.90 Å². The van der Waals surface area contributed by atoms with Crippen LogP contribution in [-0.4, -0.2) is 13.7 Å². The molecule has 8 heteroatoms. The molecule has 0 aliphatic rings. The summed E-state index contributed by atoms with van der Waals surface area (Å²) < 4.78 is 22.6. The molecule has 1 aromatic carbocycles. The number of carbonyl (C=O) groups excluding carboxylic acids is 1. The molecule has 1 rings (SSSR count). The van der Waals surface area contributed by atoms with E-state index in [0.717, 1.165) is 0 Å². The van der Waals surface area contributed by atoms with Gasteiger partial charge in [0.2, 0.25) is 0 Å². The third-order valence-corrected chi connectivity index (χ3v) is 4.85. The first-order valence-corrected chi connectivity index (χ1v) is 7.64. The summed E-state index contributed by atoms with van der Waals surface area (Å²) in [4.78, 5) is 10.7. The summed E-state index contributed by atoms with van der Waals surface area (Å²) in [5, 5.41) is -0.685. The molecular weight excluding hydrogens is 395 g/mol. The molecule has 0 spiro atoms. The van der Waals surface area contributed by atoms with Crippen molar-refractivity contribution in [3.05, 3.63) is 26.6 Å². The minimum Gasteiger partial charge on any atom is -0.276 e. The molecule has 0 saturated heterocycles. The van der Waals surface area contributed by atoms with Crippen LogP contribution in [0.4, 0.5) is 0 Å². The number of halogens is 4. The van der Waals surface area contributed by atoms with Crippen molar-refractivity contribution in [1.29, 1.82) is 0 Å². The fraction of sp³-hybridized carbons (Fsp3) is 0. The van der Waals surface area contributed by atoms with E-state index in [1.807, 2.05) is 0 Å². The average Bonchev–Trinajstić information content (AvgIpc) is 1.99. The SMILES string of the molecule is O=C(Cl)c1cc(Br)c(S(=O)(=O)Cl)c(Br)c1. The summed E-state index contributed by atoms with van der Waals surface area (Å²) >= 11 is 11.2. The van der Waals surface area contributed by atoms with Gasteiger partial charge in [-0.05, 0) is 55.6 Å². The van der Waals surface area contributed by atoms with E-state index in [0.29, 0.717) is 0 Å². The van der Waals surface area contributed by atoms with Crippen LogP contribution < -0.4 is 0 Å². The summed E-state index contributed by atoms with van der Waals surface area (Å²) in [7, 11) is 1.31. The first-order chi connectivity index (χ1) is 6.73. The molecule has 0 radical (unpaired) electrons. The van der Waals surface area contributed by atoms with Gasteiger partial charge in [0.15, 0.2) is 0 Å². The van der Waals surface area contributed by atoms with Gasteiger partial charge in [-0.2, -0.15) is 0 Å². The van der Waals surface area contributed by atoms with E-state index < -0.39 is 14.3 Å². The lowest BCUT2D eigenvalue weighted by atomic mass is 10.2. The van der Waals surface area contributed by atoms with Gasteiger partial charge >= 0.3 is 0 Å². The first-order valence-electron chi connectivity index (χ1n) is 3.37. The molecule has 82 valence electrons. The molecule has 0 amide bonds. The number of rotatable bonds is 2. The third kappa shape index (κ3) is 3.17. The van der Waals surface area contributed by atoms with Crippen molar-refractivity contribution in [2.75, 3.05) is 0 Å². The van der Waals surface area contributed by atoms with Gasteiger partial charge in [-0.15, -0.1) is 0 Å². The second-order valence-corrected chi connectivity index (χ2v) is 7.04. The number of benzene rings is 1. The Balaban J connectivity index is 3.55. The molecule has 0 unspecified atom stereocenters. The Kier molecular flexibility index (Phi) is 4.22. The van der Waals surface area contributed by atoms with Crippen molar-refractivity contribution in [3.63, 3.8) is 0 Å². The first kappa shape index (κ1) is 13.4. The molecule has 0 saturated carbocycles. The Bertz CT molecular complexity index is 504. The molecule has 3 nitrogen and oxygen atoms in total. The van der Waals surface area contributed by atoms with Crippen LogP contribution >= 0.6 is 54.1 Å². The lowest BCUT2D eigenvalue weighted by Gasteiger charge is -2.05. The van der Waals surface area contributed by atoms with Crippen LogP contribution in [0, 0.1) is 0 Å². The molecule has 0 aromatic heterocycles. The van der Waals surface area contributed by atoms with Crippen LogP contribution in [0.15, 0.2) is 26.0 Å². The van der Waals surface area contributed by atoms with E-state index in [2.05, 4.69) is 31.9 Å². The predicted octanol–water partition coefficient (Wildman–Crippen LogP) is 3.52. The zero-order chi connectivity index (χ0) is 11.8. The van der Waals surface area contributed by atoms with Gasteiger partial charge in [-0.25, -0.2) is 8.42 Å². The van der Waals surface area contributed by atoms with Gasteiger partial charge < -0.3 is 0 Å². The maximum atomic E-state index is 11.1. The summed E-state index contributed by atoms with van der Waals surface area (Å²) in [5.41, 5.74) is 0.166. The largest absolute Gasteiger partial charge is 0.276 e. The Morgan fingerprint density at radius 1 is 1.20 bits per heavy atom. The number of hydrogen-bond acceptors (Lipinski definition) is 3. The Hall–Kier alpha value is 0.380. The van der Waals surface area contributed by atoms with Crippen LogP contribution in [0.1, 0.15) is 10.4 Å². The maximum Gasteiger partial charge on any atom is 0.263 e. The molecule has 1 aromatic rings. The second kappa shape index (κ2) is 4.71. The van der Waals surface area contributed by atoms with Crippen molar-refractivity contribution in [3.8, 4) is 0 Å². The lowest BCUT2D eigenvalue weighted by molar-refractivity contribution is 0.108. The fourth-order valence-corrected chi connectivity index (χ4v) is 5.12. The minimum absolute atomic E-state index is 0.133. The summed E-state index contributed by atoms with van der Waals surface area (Å²) in [6, 6.07) is 2.57. The third-order valence-electron chi connectivity index (χ3n) is 1.47. The molecule has 0 aliphatic carbocycles. The summed E-state index contributed by atoms with van der Waals surface area (Å²) in [6.07, 6.45) is 0. The van der Waals surface area contributed by atoms with Gasteiger partial charge in [-0.1, -0.05) is 0 Å². The lowest BCUT2D eigenvalue weighted by Crippen LogP contribution is -1.97. The molecule has 0 N–H and O–H groups in total. The van der Waals surface area contributed by atoms with Crippen LogP contribution in [0.5, 0.6) is 0 Å².